The van der Waals surface area contributed by atoms with Crippen molar-refractivity contribution in [2.24, 2.45) is 11.8 Å². The summed E-state index contributed by atoms with van der Waals surface area (Å²) in [5, 5.41) is 13.9. The number of aliphatic hydroxyl groups is 1. The van der Waals surface area contributed by atoms with Crippen LogP contribution in [-0.2, 0) is 0 Å². The van der Waals surface area contributed by atoms with Gasteiger partial charge < -0.3 is 10.4 Å². The lowest BCUT2D eigenvalue weighted by atomic mass is 9.91. The van der Waals surface area contributed by atoms with Crippen LogP contribution >= 0.6 is 0 Å². The summed E-state index contributed by atoms with van der Waals surface area (Å²) >= 11 is 0. The maximum absolute atomic E-state index is 10.2. The molecule has 0 spiro atoms. The van der Waals surface area contributed by atoms with Gasteiger partial charge in [-0.2, -0.15) is 0 Å². The Bertz CT molecular complexity index is 298. The molecule has 2 saturated carbocycles. The van der Waals surface area contributed by atoms with Crippen LogP contribution in [0.1, 0.15) is 65.7 Å². The van der Waals surface area contributed by atoms with Gasteiger partial charge in [0.2, 0.25) is 0 Å². The van der Waals surface area contributed by atoms with E-state index in [-0.39, 0.29) is 5.54 Å². The van der Waals surface area contributed by atoms with Crippen LogP contribution in [0.25, 0.3) is 0 Å². The maximum atomic E-state index is 10.2. The topological polar surface area (TPSA) is 35.5 Å². The molecule has 124 valence electrons. The Hall–Kier alpha value is -0.120. The minimum atomic E-state index is -0.0481. The molecule has 3 heteroatoms. The molecule has 1 atom stereocenters. The van der Waals surface area contributed by atoms with Gasteiger partial charge in [-0.1, -0.05) is 33.6 Å². The summed E-state index contributed by atoms with van der Waals surface area (Å²) in [7, 11) is 0. The molecular formula is C18H36N2O. The van der Waals surface area contributed by atoms with Crippen molar-refractivity contribution >= 4 is 0 Å². The first-order chi connectivity index (χ1) is 10.1. The van der Waals surface area contributed by atoms with E-state index in [0.717, 1.165) is 25.6 Å². The van der Waals surface area contributed by atoms with E-state index in [1.54, 1.807) is 0 Å². The van der Waals surface area contributed by atoms with Gasteiger partial charge in [-0.15, -0.1) is 0 Å². The highest BCUT2D eigenvalue weighted by Gasteiger charge is 2.46. The largest absolute Gasteiger partial charge is 0.394 e. The SMILES string of the molecule is CCCNC(CO)(CN(CC(C)C)C1CCCC1)C1CC1. The zero-order valence-electron chi connectivity index (χ0n) is 14.4. The second-order valence-corrected chi connectivity index (χ2v) is 7.78. The second-order valence-electron chi connectivity index (χ2n) is 7.78. The summed E-state index contributed by atoms with van der Waals surface area (Å²) in [6, 6.07) is 0.750. The van der Waals surface area contributed by atoms with Crippen LogP contribution in [0.4, 0.5) is 0 Å². The molecular weight excluding hydrogens is 260 g/mol. The molecule has 3 nitrogen and oxygen atoms in total. The van der Waals surface area contributed by atoms with Crippen LogP contribution < -0.4 is 5.32 Å². The second kappa shape index (κ2) is 7.94. The molecule has 2 aliphatic carbocycles. The number of nitrogens with zero attached hydrogens (tertiary/aromatic N) is 1. The van der Waals surface area contributed by atoms with Gasteiger partial charge in [0.05, 0.1) is 12.1 Å². The van der Waals surface area contributed by atoms with E-state index in [2.05, 4.69) is 31.0 Å². The Morgan fingerprint density at radius 3 is 2.33 bits per heavy atom. The predicted octanol–water partition coefficient (Wildman–Crippen LogP) is 3.03. The highest BCUT2D eigenvalue weighted by molar-refractivity contribution is 5.03. The van der Waals surface area contributed by atoms with Gasteiger partial charge in [0.15, 0.2) is 0 Å². The van der Waals surface area contributed by atoms with Crippen molar-refractivity contribution < 1.29 is 5.11 Å². The lowest BCUT2D eigenvalue weighted by molar-refractivity contribution is 0.0640. The van der Waals surface area contributed by atoms with Crippen molar-refractivity contribution in [3.8, 4) is 0 Å². The number of aliphatic hydroxyl groups excluding tert-OH is 1. The molecule has 0 aromatic carbocycles. The maximum Gasteiger partial charge on any atom is 0.0628 e. The Morgan fingerprint density at radius 2 is 1.86 bits per heavy atom. The van der Waals surface area contributed by atoms with Gasteiger partial charge in [0.1, 0.15) is 0 Å². The molecule has 2 rings (SSSR count). The molecule has 0 radical (unpaired) electrons. The Morgan fingerprint density at radius 1 is 1.19 bits per heavy atom. The van der Waals surface area contributed by atoms with E-state index in [1.807, 2.05) is 0 Å². The number of rotatable bonds is 10. The fourth-order valence-corrected chi connectivity index (χ4v) is 4.02. The quantitative estimate of drug-likeness (QED) is 0.650. The molecule has 1 unspecified atom stereocenters. The molecule has 0 aliphatic heterocycles. The molecule has 0 heterocycles. The Labute approximate surface area is 131 Å². The molecule has 0 aromatic rings. The molecule has 2 aliphatic rings. The molecule has 2 fully saturated rings. The van der Waals surface area contributed by atoms with Gasteiger partial charge in [-0.05, 0) is 50.5 Å². The fourth-order valence-electron chi connectivity index (χ4n) is 4.02. The third kappa shape index (κ3) is 4.67. The fraction of sp³-hybridized carbons (Fsp3) is 1.00. The van der Waals surface area contributed by atoms with Crippen LogP contribution in [0.3, 0.4) is 0 Å². The molecule has 0 aromatic heterocycles. The molecule has 0 bridgehead atoms. The lowest BCUT2D eigenvalue weighted by Gasteiger charge is -2.41. The summed E-state index contributed by atoms with van der Waals surface area (Å²) in [6.07, 6.45) is 9.20. The number of hydrogen-bond donors (Lipinski definition) is 2. The molecule has 0 saturated heterocycles. The Kier molecular flexibility index (Phi) is 6.51. The molecule has 21 heavy (non-hydrogen) atoms. The van der Waals surface area contributed by atoms with Crippen LogP contribution in [0.2, 0.25) is 0 Å². The lowest BCUT2D eigenvalue weighted by Crippen LogP contribution is -2.60. The van der Waals surface area contributed by atoms with E-state index in [1.165, 1.54) is 45.1 Å². The van der Waals surface area contributed by atoms with Crippen LogP contribution in [0.5, 0.6) is 0 Å². The van der Waals surface area contributed by atoms with Crippen molar-refractivity contribution in [3.63, 3.8) is 0 Å². The van der Waals surface area contributed by atoms with E-state index >= 15 is 0 Å². The number of hydrogen-bond acceptors (Lipinski definition) is 3. The van der Waals surface area contributed by atoms with Crippen LogP contribution in [0, 0.1) is 11.8 Å². The summed E-state index contributed by atoms with van der Waals surface area (Å²) in [5.74, 6) is 1.39. The number of nitrogens with one attached hydrogen (secondary N) is 1. The van der Waals surface area contributed by atoms with Gasteiger partial charge in [-0.3, -0.25) is 4.90 Å². The zero-order valence-corrected chi connectivity index (χ0v) is 14.4. The minimum Gasteiger partial charge on any atom is -0.394 e. The normalized spacial score (nSPS) is 23.1. The summed E-state index contributed by atoms with van der Waals surface area (Å²) in [5.41, 5.74) is -0.0481. The van der Waals surface area contributed by atoms with Gasteiger partial charge in [0, 0.05) is 19.1 Å². The van der Waals surface area contributed by atoms with Gasteiger partial charge >= 0.3 is 0 Å². The van der Waals surface area contributed by atoms with Gasteiger partial charge in [0.25, 0.3) is 0 Å². The van der Waals surface area contributed by atoms with Gasteiger partial charge in [-0.25, -0.2) is 0 Å². The van der Waals surface area contributed by atoms with E-state index in [9.17, 15) is 5.11 Å². The van der Waals surface area contributed by atoms with Crippen LogP contribution in [0.15, 0.2) is 0 Å². The first-order valence-electron chi connectivity index (χ1n) is 9.21. The third-order valence-electron chi connectivity index (χ3n) is 5.29. The first-order valence-corrected chi connectivity index (χ1v) is 9.21. The summed E-state index contributed by atoms with van der Waals surface area (Å²) < 4.78 is 0. The van der Waals surface area contributed by atoms with Crippen molar-refractivity contribution in [1.82, 2.24) is 10.2 Å². The predicted molar refractivity (Wildman–Crippen MR) is 89.5 cm³/mol. The van der Waals surface area contributed by atoms with E-state index < -0.39 is 0 Å². The van der Waals surface area contributed by atoms with E-state index in [4.69, 9.17) is 0 Å². The van der Waals surface area contributed by atoms with Crippen molar-refractivity contribution in [1.29, 1.82) is 0 Å². The van der Waals surface area contributed by atoms with Crippen molar-refractivity contribution in [3.05, 3.63) is 0 Å². The third-order valence-corrected chi connectivity index (χ3v) is 5.29. The van der Waals surface area contributed by atoms with Crippen molar-refractivity contribution in [2.45, 2.75) is 77.3 Å². The summed E-state index contributed by atoms with van der Waals surface area (Å²) in [4.78, 5) is 2.70. The molecule has 2 N–H and O–H groups in total. The highest BCUT2D eigenvalue weighted by Crippen LogP contribution is 2.41. The van der Waals surface area contributed by atoms with Crippen LogP contribution in [-0.4, -0.2) is 47.8 Å². The average Bonchev–Trinajstić information content (AvgIpc) is 3.17. The minimum absolute atomic E-state index is 0.0481. The zero-order chi connectivity index (χ0) is 15.3. The molecule has 0 amide bonds. The standard InChI is InChI=1S/C18H36N2O/c1-4-11-19-18(14-21,16-9-10-16)13-20(12-15(2)3)17-7-5-6-8-17/h15-17,19,21H,4-14H2,1-3H3. The highest BCUT2D eigenvalue weighted by atomic mass is 16.3. The van der Waals surface area contributed by atoms with Crippen molar-refractivity contribution in [2.75, 3.05) is 26.2 Å². The average molecular weight is 296 g/mol. The monoisotopic (exact) mass is 296 g/mol. The Balaban J connectivity index is 2.05. The smallest absolute Gasteiger partial charge is 0.0628 e. The summed E-state index contributed by atoms with van der Waals surface area (Å²) in [6.45, 7) is 10.4. The first kappa shape index (κ1) is 17.2. The van der Waals surface area contributed by atoms with E-state index in [0.29, 0.717) is 18.4 Å².